The van der Waals surface area contributed by atoms with Gasteiger partial charge in [0.15, 0.2) is 0 Å². The van der Waals surface area contributed by atoms with Crippen molar-refractivity contribution in [1.29, 1.82) is 0 Å². The smallest absolute Gasteiger partial charge is 0.276 e. The van der Waals surface area contributed by atoms with Crippen LogP contribution >= 0.6 is 11.6 Å². The Morgan fingerprint density at radius 3 is 2.63 bits per heavy atom. The lowest BCUT2D eigenvalue weighted by Crippen LogP contribution is -2.30. The fourth-order valence-electron chi connectivity index (χ4n) is 2.46. The number of hydrogen-bond acceptors (Lipinski definition) is 7. The summed E-state index contributed by atoms with van der Waals surface area (Å²) >= 11 is 5.97. The molecule has 1 aromatic carbocycles. The molecule has 3 rings (SSSR count). The Kier molecular flexibility index (Phi) is 4.99. The molecule has 0 radical (unpaired) electrons. The quantitative estimate of drug-likeness (QED) is 0.508. The van der Waals surface area contributed by atoms with Gasteiger partial charge in [0.1, 0.15) is 6.33 Å². The van der Waals surface area contributed by atoms with Crippen LogP contribution in [-0.4, -0.2) is 30.6 Å². The largest absolute Gasteiger partial charge is 0.357 e. The molecule has 2 aromatic heterocycles. The van der Waals surface area contributed by atoms with Crippen LogP contribution in [0.25, 0.3) is 5.82 Å². The van der Waals surface area contributed by atoms with Crippen molar-refractivity contribution in [2.75, 3.05) is 5.43 Å². The Morgan fingerprint density at radius 2 is 2.00 bits per heavy atom. The van der Waals surface area contributed by atoms with Crippen molar-refractivity contribution in [3.05, 3.63) is 68.7 Å². The number of benzene rings is 1. The van der Waals surface area contributed by atoms with E-state index in [2.05, 4.69) is 25.9 Å². The molecule has 0 fully saturated rings. The highest BCUT2D eigenvalue weighted by atomic mass is 35.5. The number of nitro groups is 1. The summed E-state index contributed by atoms with van der Waals surface area (Å²) < 4.78 is 1.34. The van der Waals surface area contributed by atoms with Crippen LogP contribution in [0.1, 0.15) is 21.7 Å². The first-order valence-corrected chi connectivity index (χ1v) is 8.10. The number of rotatable bonds is 5. The second-order valence-electron chi connectivity index (χ2n) is 5.55. The molecule has 0 aliphatic rings. The molecule has 0 aliphatic carbocycles. The van der Waals surface area contributed by atoms with E-state index in [0.29, 0.717) is 11.4 Å². The molecule has 27 heavy (non-hydrogen) atoms. The van der Waals surface area contributed by atoms with Crippen LogP contribution in [0.3, 0.4) is 0 Å². The van der Waals surface area contributed by atoms with Crippen LogP contribution in [0.4, 0.5) is 11.5 Å². The fourth-order valence-corrected chi connectivity index (χ4v) is 2.68. The van der Waals surface area contributed by atoms with Crippen molar-refractivity contribution in [2.45, 2.75) is 13.8 Å². The summed E-state index contributed by atoms with van der Waals surface area (Å²) in [4.78, 5) is 31.0. The lowest BCUT2D eigenvalue weighted by atomic mass is 10.2. The first-order valence-electron chi connectivity index (χ1n) is 7.72. The van der Waals surface area contributed by atoms with Gasteiger partial charge in [-0.2, -0.15) is 5.10 Å². The standard InChI is InChI=1S/C16H14ClN7O3/c1-9-7-10(2)23(22-9)15-13(24(26)27)14(18-8-19-15)20-21-16(25)11-5-3-4-6-12(11)17/h3-8H,1-2H3,(H,21,25)(H,18,19,20). The predicted molar refractivity (Wildman–Crippen MR) is 97.8 cm³/mol. The second kappa shape index (κ2) is 7.38. The van der Waals surface area contributed by atoms with Crippen molar-refractivity contribution < 1.29 is 9.72 Å². The third-order valence-electron chi connectivity index (χ3n) is 3.61. The van der Waals surface area contributed by atoms with Crippen molar-refractivity contribution >= 4 is 29.0 Å². The fraction of sp³-hybridized carbons (Fsp3) is 0.125. The zero-order chi connectivity index (χ0) is 19.6. The van der Waals surface area contributed by atoms with E-state index in [1.165, 1.54) is 10.7 Å². The van der Waals surface area contributed by atoms with Gasteiger partial charge >= 0.3 is 5.69 Å². The summed E-state index contributed by atoms with van der Waals surface area (Å²) in [7, 11) is 0. The average molecular weight is 388 g/mol. The van der Waals surface area contributed by atoms with Gasteiger partial charge in [-0.15, -0.1) is 0 Å². The lowest BCUT2D eigenvalue weighted by molar-refractivity contribution is -0.384. The summed E-state index contributed by atoms with van der Waals surface area (Å²) in [6.07, 6.45) is 1.14. The molecule has 0 saturated heterocycles. The van der Waals surface area contributed by atoms with Gasteiger partial charge in [-0.05, 0) is 32.0 Å². The maximum absolute atomic E-state index is 12.2. The maximum Gasteiger partial charge on any atom is 0.357 e. The molecule has 1 amide bonds. The van der Waals surface area contributed by atoms with Crippen molar-refractivity contribution in [3.8, 4) is 5.82 Å². The summed E-state index contributed by atoms with van der Waals surface area (Å²) in [6.45, 7) is 3.51. The number of aromatic nitrogens is 4. The molecule has 0 aliphatic heterocycles. The number of hydrogen-bond donors (Lipinski definition) is 2. The molecule has 11 heteroatoms. The minimum absolute atomic E-state index is 0.0184. The predicted octanol–water partition coefficient (Wildman–Crippen LogP) is 2.60. The molecular formula is C16H14ClN7O3. The Hall–Kier alpha value is -3.53. The molecule has 2 N–H and O–H groups in total. The van der Waals surface area contributed by atoms with E-state index in [9.17, 15) is 14.9 Å². The van der Waals surface area contributed by atoms with Gasteiger partial charge < -0.3 is 0 Å². The van der Waals surface area contributed by atoms with E-state index in [1.807, 2.05) is 0 Å². The highest BCUT2D eigenvalue weighted by molar-refractivity contribution is 6.33. The molecule has 10 nitrogen and oxygen atoms in total. The molecular weight excluding hydrogens is 374 g/mol. The number of carbonyl (C=O) groups excluding carboxylic acids is 1. The summed E-state index contributed by atoms with van der Waals surface area (Å²) in [5.41, 5.74) is 5.95. The van der Waals surface area contributed by atoms with Gasteiger partial charge in [-0.1, -0.05) is 23.7 Å². The maximum atomic E-state index is 12.2. The summed E-state index contributed by atoms with van der Waals surface area (Å²) in [5, 5.41) is 16.1. The Morgan fingerprint density at radius 1 is 1.26 bits per heavy atom. The Labute approximate surface area is 158 Å². The molecule has 0 unspecified atom stereocenters. The molecule has 138 valence electrons. The molecule has 3 aromatic rings. The minimum Gasteiger partial charge on any atom is -0.276 e. The Bertz CT molecular complexity index is 1030. The zero-order valence-corrected chi connectivity index (χ0v) is 15.1. The average Bonchev–Trinajstić information content (AvgIpc) is 2.97. The van der Waals surface area contributed by atoms with Gasteiger partial charge in [-0.25, -0.2) is 14.6 Å². The zero-order valence-electron chi connectivity index (χ0n) is 14.3. The van der Waals surface area contributed by atoms with E-state index in [1.54, 1.807) is 38.1 Å². The molecule has 0 bridgehead atoms. The number of nitrogens with one attached hydrogen (secondary N) is 2. The topological polar surface area (TPSA) is 128 Å². The molecule has 0 spiro atoms. The van der Waals surface area contributed by atoms with Crippen LogP contribution in [-0.2, 0) is 0 Å². The van der Waals surface area contributed by atoms with Crippen molar-refractivity contribution in [1.82, 2.24) is 25.2 Å². The highest BCUT2D eigenvalue weighted by Gasteiger charge is 2.26. The first kappa shape index (κ1) is 18.3. The molecule has 0 saturated carbocycles. The normalized spacial score (nSPS) is 10.5. The number of aryl methyl sites for hydroxylation is 2. The number of nitrogens with zero attached hydrogens (tertiary/aromatic N) is 5. The summed E-state index contributed by atoms with van der Waals surface area (Å²) in [6, 6.07) is 8.18. The van der Waals surface area contributed by atoms with E-state index < -0.39 is 16.5 Å². The molecule has 2 heterocycles. The van der Waals surface area contributed by atoms with Gasteiger partial charge in [0.25, 0.3) is 5.91 Å². The highest BCUT2D eigenvalue weighted by Crippen LogP contribution is 2.28. The SMILES string of the molecule is Cc1cc(C)n(-c2ncnc(NNC(=O)c3ccccc3Cl)c2[N+](=O)[O-])n1. The van der Waals surface area contributed by atoms with Gasteiger partial charge in [0, 0.05) is 5.69 Å². The van der Waals surface area contributed by atoms with E-state index >= 15 is 0 Å². The number of halogens is 1. The lowest BCUT2D eigenvalue weighted by Gasteiger charge is -2.11. The number of anilines is 1. The minimum atomic E-state index is -0.643. The van der Waals surface area contributed by atoms with E-state index in [0.717, 1.165) is 6.33 Å². The van der Waals surface area contributed by atoms with Crippen LogP contribution in [0.5, 0.6) is 0 Å². The number of amides is 1. The van der Waals surface area contributed by atoms with Crippen molar-refractivity contribution in [2.24, 2.45) is 0 Å². The van der Waals surface area contributed by atoms with Gasteiger partial charge in [0.2, 0.25) is 11.6 Å². The van der Waals surface area contributed by atoms with E-state index in [-0.39, 0.29) is 22.2 Å². The van der Waals surface area contributed by atoms with Crippen LogP contribution < -0.4 is 10.9 Å². The van der Waals surface area contributed by atoms with E-state index in [4.69, 9.17) is 11.6 Å². The van der Waals surface area contributed by atoms with Gasteiger partial charge in [-0.3, -0.25) is 25.8 Å². The molecule has 0 atom stereocenters. The first-order chi connectivity index (χ1) is 12.9. The monoisotopic (exact) mass is 387 g/mol. The van der Waals surface area contributed by atoms with Crippen molar-refractivity contribution in [3.63, 3.8) is 0 Å². The Balaban J connectivity index is 1.93. The second-order valence-corrected chi connectivity index (χ2v) is 5.96. The number of carbonyl (C=O) groups is 1. The van der Waals surface area contributed by atoms with Crippen LogP contribution in [0.15, 0.2) is 36.7 Å². The van der Waals surface area contributed by atoms with Crippen LogP contribution in [0.2, 0.25) is 5.02 Å². The van der Waals surface area contributed by atoms with Gasteiger partial charge in [0.05, 0.1) is 21.2 Å². The third kappa shape index (κ3) is 3.70. The number of hydrazine groups is 1. The third-order valence-corrected chi connectivity index (χ3v) is 3.94. The van der Waals surface area contributed by atoms with Crippen LogP contribution in [0, 0.1) is 24.0 Å². The summed E-state index contributed by atoms with van der Waals surface area (Å²) in [5.74, 6) is -0.769.